The van der Waals surface area contributed by atoms with Crippen LogP contribution in [-0.4, -0.2) is 40.0 Å². The number of rotatable bonds is 2. The van der Waals surface area contributed by atoms with Crippen LogP contribution < -0.4 is 5.32 Å². The van der Waals surface area contributed by atoms with E-state index in [4.69, 9.17) is 9.72 Å². The summed E-state index contributed by atoms with van der Waals surface area (Å²) in [7, 11) is 0. The predicted molar refractivity (Wildman–Crippen MR) is 134 cm³/mol. The van der Waals surface area contributed by atoms with Crippen LogP contribution in [0.2, 0.25) is 0 Å². The number of carbonyl (C=O) groups excluding carboxylic acids is 3. The fourth-order valence-corrected chi connectivity index (χ4v) is 6.68. The molecule has 3 aliphatic carbocycles. The van der Waals surface area contributed by atoms with Gasteiger partial charge in [0.25, 0.3) is 0 Å². The van der Waals surface area contributed by atoms with Gasteiger partial charge in [0.05, 0.1) is 17.3 Å². The Labute approximate surface area is 213 Å². The molecule has 1 aromatic heterocycles. The number of hydrogen-bond acceptors (Lipinski definition) is 6. The van der Waals surface area contributed by atoms with Crippen LogP contribution in [0.25, 0.3) is 16.5 Å². The molecule has 2 N–H and O–H groups in total. The molecule has 1 aliphatic heterocycles. The molecule has 4 aliphatic rings. The highest BCUT2D eigenvalue weighted by Gasteiger charge is 2.47. The van der Waals surface area contributed by atoms with E-state index in [1.54, 1.807) is 19.9 Å². The number of halogens is 1. The van der Waals surface area contributed by atoms with Crippen LogP contribution in [0.1, 0.15) is 73.5 Å². The summed E-state index contributed by atoms with van der Waals surface area (Å²) >= 11 is 0. The van der Waals surface area contributed by atoms with Crippen molar-refractivity contribution in [2.45, 2.75) is 70.9 Å². The second kappa shape index (κ2) is 8.31. The van der Waals surface area contributed by atoms with E-state index < -0.39 is 11.6 Å². The lowest BCUT2D eigenvalue weighted by Gasteiger charge is -2.34. The van der Waals surface area contributed by atoms with E-state index in [1.807, 2.05) is 0 Å². The van der Waals surface area contributed by atoms with Crippen molar-refractivity contribution in [2.75, 3.05) is 6.61 Å². The van der Waals surface area contributed by atoms with Crippen LogP contribution in [0.5, 0.6) is 0 Å². The smallest absolute Gasteiger partial charge is 0.343 e. The molecule has 2 heterocycles. The number of carbonyl (C=O) groups is 3. The maximum Gasteiger partial charge on any atom is 0.343 e. The molecule has 2 unspecified atom stereocenters. The van der Waals surface area contributed by atoms with Gasteiger partial charge in [0.1, 0.15) is 12.4 Å². The van der Waals surface area contributed by atoms with E-state index in [1.165, 1.54) is 13.0 Å². The Morgan fingerprint density at radius 3 is 2.78 bits per heavy atom. The second-order valence-corrected chi connectivity index (χ2v) is 10.6. The number of nitrogens with zero attached hydrogens (tertiary/aromatic N) is 1. The predicted octanol–water partition coefficient (Wildman–Crippen LogP) is 3.72. The van der Waals surface area contributed by atoms with E-state index >= 15 is 0 Å². The number of ketones is 1. The van der Waals surface area contributed by atoms with Gasteiger partial charge in [-0.25, -0.2) is 14.2 Å². The highest BCUT2D eigenvalue weighted by atomic mass is 19.1. The molecule has 8 heteroatoms. The van der Waals surface area contributed by atoms with Crippen molar-refractivity contribution in [2.24, 2.45) is 5.92 Å². The number of fused-ring (bicyclic) bond motifs is 4. The molecule has 3 atom stereocenters. The number of cyclic esters (lactones) is 1. The number of esters is 1. The standard InChI is InChI=1S/C29H29FN2O5/c1-4-29(36)20-10-17-15(5-8-24(34)19(20)12-37-28(29)35)9-18-26-22(31-14(3)33)7-6-16-13(2)21(30)11-23(25(16)26)32-27(17)18/h10-11,15,22,36H,4-9,12H2,1-3H3,(H,31,33)/b17-10+/t15?,22?,29-/m0/s1. The molecule has 6 rings (SSSR count). The van der Waals surface area contributed by atoms with Crippen LogP contribution in [0.15, 0.2) is 23.3 Å². The average Bonchev–Trinajstić information content (AvgIpc) is 3.19. The molecule has 192 valence electrons. The minimum atomic E-state index is -1.92. The summed E-state index contributed by atoms with van der Waals surface area (Å²) in [4.78, 5) is 42.8. The zero-order valence-electron chi connectivity index (χ0n) is 21.2. The molecule has 0 bridgehead atoms. The van der Waals surface area contributed by atoms with Gasteiger partial charge in [0.2, 0.25) is 5.91 Å². The molecule has 0 radical (unpaired) electrons. The fourth-order valence-electron chi connectivity index (χ4n) is 6.68. The number of pyridine rings is 1. The third kappa shape index (κ3) is 3.41. The lowest BCUT2D eigenvalue weighted by atomic mass is 9.79. The first kappa shape index (κ1) is 24.0. The van der Waals surface area contributed by atoms with Gasteiger partial charge in [-0.2, -0.15) is 0 Å². The number of hydrogen-bond donors (Lipinski definition) is 2. The number of amides is 1. The number of Topliss-reactive ketones (excluding diaryl/α,β-unsaturated/α-hetero) is 1. The molecule has 0 saturated carbocycles. The first-order valence-corrected chi connectivity index (χ1v) is 12.9. The lowest BCUT2D eigenvalue weighted by Crippen LogP contribution is -2.46. The summed E-state index contributed by atoms with van der Waals surface area (Å²) in [5.74, 6) is -1.39. The number of aliphatic hydroxyl groups is 1. The number of aromatic nitrogens is 1. The Bertz CT molecular complexity index is 1490. The molecular weight excluding hydrogens is 475 g/mol. The highest BCUT2D eigenvalue weighted by molar-refractivity contribution is 6.03. The molecular formula is C29H29FN2O5. The SMILES string of the molecule is CC[C@@]1(O)C(=O)OCC2=C1/C=C1/c3nc4cc(F)c(C)c5c4c(c3CC1CCC2=O)C(NC(C)=O)CC5. The third-order valence-corrected chi connectivity index (χ3v) is 8.64. The number of ether oxygens (including phenoxy) is 1. The van der Waals surface area contributed by atoms with Crippen LogP contribution in [-0.2, 0) is 32.0 Å². The minimum absolute atomic E-state index is 0.0538. The summed E-state index contributed by atoms with van der Waals surface area (Å²) in [6.45, 7) is 4.79. The Kier molecular flexibility index (Phi) is 5.39. The lowest BCUT2D eigenvalue weighted by molar-refractivity contribution is -0.163. The zero-order chi connectivity index (χ0) is 26.2. The van der Waals surface area contributed by atoms with Crippen LogP contribution in [0.4, 0.5) is 4.39 Å². The van der Waals surface area contributed by atoms with E-state index in [2.05, 4.69) is 5.32 Å². The van der Waals surface area contributed by atoms with Crippen LogP contribution >= 0.6 is 0 Å². The van der Waals surface area contributed by atoms with E-state index in [9.17, 15) is 23.9 Å². The quantitative estimate of drug-likeness (QED) is 0.604. The molecule has 2 aromatic rings. The van der Waals surface area contributed by atoms with Crippen molar-refractivity contribution in [3.63, 3.8) is 0 Å². The minimum Gasteiger partial charge on any atom is -0.458 e. The van der Waals surface area contributed by atoms with Crippen molar-refractivity contribution >= 4 is 34.1 Å². The topological polar surface area (TPSA) is 106 Å². The first-order valence-electron chi connectivity index (χ1n) is 12.9. The van der Waals surface area contributed by atoms with Gasteiger partial charge in [-0.1, -0.05) is 6.92 Å². The van der Waals surface area contributed by atoms with Gasteiger partial charge in [-0.3, -0.25) is 9.59 Å². The van der Waals surface area contributed by atoms with Gasteiger partial charge in [-0.15, -0.1) is 0 Å². The maximum atomic E-state index is 15.0. The largest absolute Gasteiger partial charge is 0.458 e. The molecule has 0 fully saturated rings. The molecule has 1 amide bonds. The van der Waals surface area contributed by atoms with Crippen LogP contribution in [0.3, 0.4) is 0 Å². The highest BCUT2D eigenvalue weighted by Crippen LogP contribution is 2.49. The Balaban J connectivity index is 1.65. The molecule has 0 saturated heterocycles. The molecule has 0 spiro atoms. The number of aryl methyl sites for hydroxylation is 1. The van der Waals surface area contributed by atoms with Gasteiger partial charge in [0.15, 0.2) is 11.4 Å². The maximum absolute atomic E-state index is 15.0. The van der Waals surface area contributed by atoms with Crippen molar-refractivity contribution in [3.05, 3.63) is 57.1 Å². The molecule has 37 heavy (non-hydrogen) atoms. The number of nitrogens with one attached hydrogen (secondary N) is 1. The molecule has 7 nitrogen and oxygen atoms in total. The second-order valence-electron chi connectivity index (χ2n) is 10.6. The summed E-state index contributed by atoms with van der Waals surface area (Å²) in [6, 6.07) is 1.23. The fraction of sp³-hybridized carbons (Fsp3) is 0.448. The average molecular weight is 505 g/mol. The third-order valence-electron chi connectivity index (χ3n) is 8.64. The summed E-state index contributed by atoms with van der Waals surface area (Å²) < 4.78 is 20.2. The van der Waals surface area contributed by atoms with Crippen molar-refractivity contribution in [1.29, 1.82) is 0 Å². The van der Waals surface area contributed by atoms with Crippen molar-refractivity contribution < 1.29 is 28.6 Å². The Morgan fingerprint density at radius 1 is 1.27 bits per heavy atom. The number of benzene rings is 1. The summed E-state index contributed by atoms with van der Waals surface area (Å²) in [5.41, 5.74) is 4.25. The Morgan fingerprint density at radius 2 is 2.05 bits per heavy atom. The monoisotopic (exact) mass is 504 g/mol. The first-order chi connectivity index (χ1) is 17.6. The van der Waals surface area contributed by atoms with Crippen molar-refractivity contribution in [3.8, 4) is 0 Å². The molecule has 1 aromatic carbocycles. The van der Waals surface area contributed by atoms with Gasteiger partial charge < -0.3 is 15.2 Å². The zero-order valence-corrected chi connectivity index (χ0v) is 21.2. The van der Waals surface area contributed by atoms with E-state index in [0.717, 1.165) is 27.6 Å². The summed E-state index contributed by atoms with van der Waals surface area (Å²) in [6.07, 6.45) is 4.58. The Hall–Kier alpha value is -3.39. The van der Waals surface area contributed by atoms with Crippen molar-refractivity contribution in [1.82, 2.24) is 10.3 Å². The normalized spacial score (nSPS) is 28.0. The van der Waals surface area contributed by atoms with Crippen LogP contribution in [0, 0.1) is 18.7 Å². The van der Waals surface area contributed by atoms with Gasteiger partial charge >= 0.3 is 5.97 Å². The van der Waals surface area contributed by atoms with E-state index in [-0.39, 0.29) is 54.5 Å². The van der Waals surface area contributed by atoms with Gasteiger partial charge in [-0.05, 0) is 78.8 Å². The summed E-state index contributed by atoms with van der Waals surface area (Å²) in [5, 5.41) is 15.3. The number of allylic oxidation sites excluding steroid dienone is 1. The van der Waals surface area contributed by atoms with Gasteiger partial charge in [0, 0.05) is 35.9 Å². The van der Waals surface area contributed by atoms with E-state index in [0.29, 0.717) is 48.0 Å².